The van der Waals surface area contributed by atoms with Crippen LogP contribution >= 0.6 is 0 Å². The second kappa shape index (κ2) is 2.66. The van der Waals surface area contributed by atoms with E-state index in [1.165, 1.54) is 19.3 Å². The van der Waals surface area contributed by atoms with E-state index < -0.39 is 0 Å². The summed E-state index contributed by atoms with van der Waals surface area (Å²) < 4.78 is 0. The molecule has 0 aromatic carbocycles. The molecule has 1 rings (SSSR count). The standard InChI is InChI=1S/C11H20/c1-10(2,3)9-11(4)7-5-6-8-11/h5,7H,6,8-9H2,1-4H3. The van der Waals surface area contributed by atoms with Crippen LogP contribution < -0.4 is 0 Å². The van der Waals surface area contributed by atoms with E-state index in [0.717, 1.165) is 0 Å². The van der Waals surface area contributed by atoms with Crippen LogP contribution in [-0.4, -0.2) is 0 Å². The van der Waals surface area contributed by atoms with Crippen molar-refractivity contribution >= 4 is 0 Å². The summed E-state index contributed by atoms with van der Waals surface area (Å²) in [4.78, 5) is 0. The maximum absolute atomic E-state index is 2.40. The molecular formula is C11H20. The summed E-state index contributed by atoms with van der Waals surface area (Å²) in [7, 11) is 0. The summed E-state index contributed by atoms with van der Waals surface area (Å²) in [5.74, 6) is 0. The zero-order valence-electron chi connectivity index (χ0n) is 8.28. The second-order valence-electron chi connectivity index (χ2n) is 5.33. The van der Waals surface area contributed by atoms with Crippen molar-refractivity contribution in [2.75, 3.05) is 0 Å². The fourth-order valence-corrected chi connectivity index (χ4v) is 2.22. The van der Waals surface area contributed by atoms with E-state index in [4.69, 9.17) is 0 Å². The Kier molecular flexibility index (Phi) is 2.13. The van der Waals surface area contributed by atoms with Gasteiger partial charge in [0.2, 0.25) is 0 Å². The molecule has 0 nitrogen and oxygen atoms in total. The summed E-state index contributed by atoms with van der Waals surface area (Å²) in [6.07, 6.45) is 8.68. The van der Waals surface area contributed by atoms with Gasteiger partial charge in [-0.3, -0.25) is 0 Å². The van der Waals surface area contributed by atoms with E-state index in [1.54, 1.807) is 0 Å². The Morgan fingerprint density at radius 1 is 1.36 bits per heavy atom. The number of allylic oxidation sites excluding steroid dienone is 2. The van der Waals surface area contributed by atoms with Gasteiger partial charge in [-0.1, -0.05) is 39.8 Å². The second-order valence-corrected chi connectivity index (χ2v) is 5.33. The van der Waals surface area contributed by atoms with E-state index in [9.17, 15) is 0 Å². The van der Waals surface area contributed by atoms with Crippen LogP contribution in [0.2, 0.25) is 0 Å². The molecule has 0 aromatic heterocycles. The lowest BCUT2D eigenvalue weighted by Gasteiger charge is -2.30. The zero-order valence-corrected chi connectivity index (χ0v) is 8.28. The Balaban J connectivity index is 2.54. The largest absolute Gasteiger partial charge is 0.0880 e. The van der Waals surface area contributed by atoms with E-state index in [0.29, 0.717) is 10.8 Å². The van der Waals surface area contributed by atoms with Gasteiger partial charge in [0.05, 0.1) is 0 Å². The highest BCUT2D eigenvalue weighted by Crippen LogP contribution is 2.41. The lowest BCUT2D eigenvalue weighted by molar-refractivity contribution is 0.241. The molecule has 0 saturated carbocycles. The van der Waals surface area contributed by atoms with Crippen molar-refractivity contribution in [3.8, 4) is 0 Å². The highest BCUT2D eigenvalue weighted by Gasteiger charge is 2.29. The molecule has 0 aliphatic heterocycles. The van der Waals surface area contributed by atoms with Crippen LogP contribution in [0.5, 0.6) is 0 Å². The quantitative estimate of drug-likeness (QED) is 0.502. The molecule has 0 bridgehead atoms. The monoisotopic (exact) mass is 152 g/mol. The SMILES string of the molecule is CC(C)(C)CC1(C)C=CCC1. The van der Waals surface area contributed by atoms with Crippen LogP contribution in [0.15, 0.2) is 12.2 Å². The molecule has 1 aliphatic rings. The topological polar surface area (TPSA) is 0 Å². The maximum Gasteiger partial charge on any atom is -0.0139 e. The molecule has 0 spiro atoms. The van der Waals surface area contributed by atoms with Gasteiger partial charge >= 0.3 is 0 Å². The lowest BCUT2D eigenvalue weighted by Crippen LogP contribution is -2.19. The Morgan fingerprint density at radius 2 is 2.00 bits per heavy atom. The van der Waals surface area contributed by atoms with Crippen molar-refractivity contribution in [2.24, 2.45) is 10.8 Å². The van der Waals surface area contributed by atoms with E-state index in [-0.39, 0.29) is 0 Å². The van der Waals surface area contributed by atoms with Gasteiger partial charge in [-0.05, 0) is 30.1 Å². The van der Waals surface area contributed by atoms with Crippen LogP contribution in [-0.2, 0) is 0 Å². The molecule has 1 aliphatic carbocycles. The number of hydrogen-bond acceptors (Lipinski definition) is 0. The third kappa shape index (κ3) is 2.69. The van der Waals surface area contributed by atoms with Gasteiger partial charge in [0.15, 0.2) is 0 Å². The van der Waals surface area contributed by atoms with Gasteiger partial charge in [-0.15, -0.1) is 0 Å². The molecule has 0 heteroatoms. The Bertz CT molecular complexity index is 159. The van der Waals surface area contributed by atoms with Crippen molar-refractivity contribution in [3.05, 3.63) is 12.2 Å². The van der Waals surface area contributed by atoms with Crippen LogP contribution in [0.1, 0.15) is 47.0 Å². The molecule has 0 radical (unpaired) electrons. The van der Waals surface area contributed by atoms with Crippen LogP contribution in [0.4, 0.5) is 0 Å². The van der Waals surface area contributed by atoms with Crippen molar-refractivity contribution in [3.63, 3.8) is 0 Å². The Morgan fingerprint density at radius 3 is 2.36 bits per heavy atom. The summed E-state index contributed by atoms with van der Waals surface area (Å²) in [6, 6.07) is 0. The molecule has 0 fully saturated rings. The number of hydrogen-bond donors (Lipinski definition) is 0. The first-order chi connectivity index (χ1) is 4.91. The van der Waals surface area contributed by atoms with Gasteiger partial charge in [0.1, 0.15) is 0 Å². The van der Waals surface area contributed by atoms with Gasteiger partial charge in [0, 0.05) is 0 Å². The predicted octanol–water partition coefficient (Wildman–Crippen LogP) is 3.78. The van der Waals surface area contributed by atoms with E-state index >= 15 is 0 Å². The Hall–Kier alpha value is -0.260. The molecule has 1 unspecified atom stereocenters. The maximum atomic E-state index is 2.40. The number of rotatable bonds is 1. The van der Waals surface area contributed by atoms with Crippen LogP contribution in [0.25, 0.3) is 0 Å². The average molecular weight is 152 g/mol. The predicted molar refractivity (Wildman–Crippen MR) is 50.6 cm³/mol. The molecule has 11 heavy (non-hydrogen) atoms. The minimum absolute atomic E-state index is 0.476. The van der Waals surface area contributed by atoms with E-state index in [2.05, 4.69) is 39.8 Å². The highest BCUT2D eigenvalue weighted by atomic mass is 14.3. The third-order valence-electron chi connectivity index (χ3n) is 2.34. The summed E-state index contributed by atoms with van der Waals surface area (Å²) >= 11 is 0. The Labute approximate surface area is 70.7 Å². The van der Waals surface area contributed by atoms with Crippen molar-refractivity contribution in [1.29, 1.82) is 0 Å². The molecule has 1 atom stereocenters. The fourth-order valence-electron chi connectivity index (χ4n) is 2.22. The first-order valence-electron chi connectivity index (χ1n) is 4.59. The molecule has 0 saturated heterocycles. The third-order valence-corrected chi connectivity index (χ3v) is 2.34. The van der Waals surface area contributed by atoms with Crippen LogP contribution in [0, 0.1) is 10.8 Å². The van der Waals surface area contributed by atoms with E-state index in [1.807, 2.05) is 0 Å². The smallest absolute Gasteiger partial charge is 0.0139 e. The van der Waals surface area contributed by atoms with Crippen molar-refractivity contribution < 1.29 is 0 Å². The lowest BCUT2D eigenvalue weighted by atomic mass is 9.75. The first kappa shape index (κ1) is 8.83. The molecular weight excluding hydrogens is 132 g/mol. The minimum atomic E-state index is 0.476. The van der Waals surface area contributed by atoms with Gasteiger partial charge < -0.3 is 0 Å². The van der Waals surface area contributed by atoms with Crippen molar-refractivity contribution in [1.82, 2.24) is 0 Å². The van der Waals surface area contributed by atoms with Crippen LogP contribution in [0.3, 0.4) is 0 Å². The summed E-state index contributed by atoms with van der Waals surface area (Å²) in [5, 5.41) is 0. The van der Waals surface area contributed by atoms with Crippen molar-refractivity contribution in [2.45, 2.75) is 47.0 Å². The normalized spacial score (nSPS) is 31.3. The molecule has 0 heterocycles. The van der Waals surface area contributed by atoms with Gasteiger partial charge in [0.25, 0.3) is 0 Å². The molecule has 0 amide bonds. The van der Waals surface area contributed by atoms with Gasteiger partial charge in [-0.25, -0.2) is 0 Å². The first-order valence-corrected chi connectivity index (χ1v) is 4.59. The molecule has 0 aromatic rings. The molecule has 0 N–H and O–H groups in total. The minimum Gasteiger partial charge on any atom is -0.0880 e. The average Bonchev–Trinajstić information content (AvgIpc) is 2.09. The fraction of sp³-hybridized carbons (Fsp3) is 0.818. The summed E-state index contributed by atoms with van der Waals surface area (Å²) in [5.41, 5.74) is 0.974. The van der Waals surface area contributed by atoms with Gasteiger partial charge in [-0.2, -0.15) is 0 Å². The highest BCUT2D eigenvalue weighted by molar-refractivity contribution is 5.05. The zero-order chi connectivity index (χ0) is 8.54. The summed E-state index contributed by atoms with van der Waals surface area (Å²) in [6.45, 7) is 9.35. The molecule has 64 valence electrons.